The predicted octanol–water partition coefficient (Wildman–Crippen LogP) is 0.124. The van der Waals surface area contributed by atoms with Crippen LogP contribution in [0.1, 0.15) is 5.82 Å². The Kier molecular flexibility index (Phi) is 2.28. The number of methoxy groups -OCH3 is 1. The molecule has 6 heteroatoms. The molecule has 0 amide bonds. The van der Waals surface area contributed by atoms with E-state index < -0.39 is 0 Å². The topological polar surface area (TPSA) is 89.7 Å². The number of nitrogens with zero attached hydrogens (tertiary/aromatic N) is 3. The summed E-state index contributed by atoms with van der Waals surface area (Å²) < 4.78 is 4.93. The van der Waals surface area contributed by atoms with Gasteiger partial charge in [0, 0.05) is 13.5 Å². The van der Waals surface area contributed by atoms with Crippen LogP contribution >= 0.6 is 0 Å². The van der Waals surface area contributed by atoms with Gasteiger partial charge < -0.3 is 15.5 Å². The molecule has 0 aliphatic heterocycles. The van der Waals surface area contributed by atoms with E-state index in [1.54, 1.807) is 13.4 Å². The third-order valence-corrected chi connectivity index (χ3v) is 1.89. The second-order valence-electron chi connectivity index (χ2n) is 2.87. The normalized spacial score (nSPS) is 10.9. The van der Waals surface area contributed by atoms with Crippen LogP contribution in [0.3, 0.4) is 0 Å². The van der Waals surface area contributed by atoms with Crippen molar-refractivity contribution in [2.24, 2.45) is 0 Å². The third kappa shape index (κ3) is 1.51. The first-order valence-electron chi connectivity index (χ1n) is 4.25. The van der Waals surface area contributed by atoms with Crippen molar-refractivity contribution in [3.05, 3.63) is 12.2 Å². The Morgan fingerprint density at radius 3 is 3.14 bits per heavy atom. The van der Waals surface area contributed by atoms with Gasteiger partial charge >= 0.3 is 0 Å². The molecular weight excluding hydrogens is 182 g/mol. The van der Waals surface area contributed by atoms with Gasteiger partial charge in [0.15, 0.2) is 11.5 Å². The Morgan fingerprint density at radius 1 is 1.50 bits per heavy atom. The predicted molar refractivity (Wildman–Crippen MR) is 51.7 cm³/mol. The molecular formula is C8H11N5O. The minimum absolute atomic E-state index is 0.429. The molecule has 0 fully saturated rings. The maximum Gasteiger partial charge on any atom is 0.183 e. The van der Waals surface area contributed by atoms with Crippen molar-refractivity contribution >= 4 is 17.0 Å². The number of hydrogen-bond acceptors (Lipinski definition) is 5. The number of nitrogens with one attached hydrogen (secondary N) is 1. The van der Waals surface area contributed by atoms with E-state index in [-0.39, 0.29) is 0 Å². The lowest BCUT2D eigenvalue weighted by Gasteiger charge is -2.00. The average molecular weight is 193 g/mol. The molecule has 0 aliphatic carbocycles. The number of nitrogen functional groups attached to an aromatic ring is 1. The number of ether oxygens (including phenoxy) is 1. The van der Waals surface area contributed by atoms with Crippen LogP contribution in [0.25, 0.3) is 11.2 Å². The van der Waals surface area contributed by atoms with Crippen molar-refractivity contribution in [3.8, 4) is 0 Å². The molecule has 2 rings (SSSR count). The molecule has 0 bridgehead atoms. The maximum atomic E-state index is 5.71. The van der Waals surface area contributed by atoms with E-state index in [4.69, 9.17) is 10.5 Å². The lowest BCUT2D eigenvalue weighted by molar-refractivity contribution is 0.200. The lowest BCUT2D eigenvalue weighted by atomic mass is 10.4. The fraction of sp³-hybridized carbons (Fsp3) is 0.375. The minimum Gasteiger partial charge on any atom is -0.384 e. The van der Waals surface area contributed by atoms with Gasteiger partial charge in [-0.1, -0.05) is 0 Å². The van der Waals surface area contributed by atoms with Crippen molar-refractivity contribution in [2.45, 2.75) is 6.42 Å². The van der Waals surface area contributed by atoms with Crippen molar-refractivity contribution < 1.29 is 4.74 Å². The van der Waals surface area contributed by atoms with E-state index in [2.05, 4.69) is 19.9 Å². The molecule has 3 N–H and O–H groups in total. The van der Waals surface area contributed by atoms with E-state index in [1.165, 1.54) is 0 Å². The van der Waals surface area contributed by atoms with Crippen molar-refractivity contribution in [1.82, 2.24) is 19.9 Å². The number of fused-ring (bicyclic) bond motifs is 1. The Hall–Kier alpha value is -1.69. The standard InChI is InChI=1S/C8H11N5O/c1-14-3-2-5-12-7(9)6-8(13-5)11-4-10-6/h4H,2-3H2,1H3,(H3,9,10,11,12,13). The summed E-state index contributed by atoms with van der Waals surface area (Å²) in [6.07, 6.45) is 2.19. The molecule has 0 aromatic carbocycles. The second-order valence-corrected chi connectivity index (χ2v) is 2.87. The van der Waals surface area contributed by atoms with Crippen LogP contribution in [0.2, 0.25) is 0 Å². The van der Waals surface area contributed by atoms with Gasteiger partial charge in [0.25, 0.3) is 0 Å². The molecule has 0 atom stereocenters. The zero-order chi connectivity index (χ0) is 9.97. The van der Waals surface area contributed by atoms with E-state index in [1.807, 2.05) is 0 Å². The van der Waals surface area contributed by atoms with Gasteiger partial charge in [-0.25, -0.2) is 15.0 Å². The minimum atomic E-state index is 0.429. The molecule has 2 aromatic rings. The molecule has 2 aromatic heterocycles. The van der Waals surface area contributed by atoms with Crippen LogP contribution in [0.15, 0.2) is 6.33 Å². The van der Waals surface area contributed by atoms with E-state index in [0.29, 0.717) is 35.8 Å². The number of rotatable bonds is 3. The first-order valence-corrected chi connectivity index (χ1v) is 4.25. The summed E-state index contributed by atoms with van der Waals surface area (Å²) in [6.45, 7) is 0.579. The molecule has 6 nitrogen and oxygen atoms in total. The third-order valence-electron chi connectivity index (χ3n) is 1.89. The Bertz CT molecular complexity index is 438. The first kappa shape index (κ1) is 8.89. The SMILES string of the molecule is COCCc1nc(N)c2[nH]cnc2n1. The molecule has 2 heterocycles. The van der Waals surface area contributed by atoms with Gasteiger partial charge in [-0.15, -0.1) is 0 Å². The Morgan fingerprint density at radius 2 is 2.36 bits per heavy atom. The largest absolute Gasteiger partial charge is 0.384 e. The first-order chi connectivity index (χ1) is 6.81. The van der Waals surface area contributed by atoms with Gasteiger partial charge in [-0.05, 0) is 0 Å². The quantitative estimate of drug-likeness (QED) is 0.722. The van der Waals surface area contributed by atoms with Crippen molar-refractivity contribution in [3.63, 3.8) is 0 Å². The van der Waals surface area contributed by atoms with Gasteiger partial charge in [-0.2, -0.15) is 0 Å². The smallest absolute Gasteiger partial charge is 0.183 e. The summed E-state index contributed by atoms with van der Waals surface area (Å²) >= 11 is 0. The number of anilines is 1. The van der Waals surface area contributed by atoms with Crippen LogP contribution in [0, 0.1) is 0 Å². The highest BCUT2D eigenvalue weighted by atomic mass is 16.5. The zero-order valence-electron chi connectivity index (χ0n) is 7.82. The number of hydrogen-bond donors (Lipinski definition) is 2. The highest BCUT2D eigenvalue weighted by Crippen LogP contribution is 2.12. The lowest BCUT2D eigenvalue weighted by Crippen LogP contribution is -2.04. The van der Waals surface area contributed by atoms with E-state index in [0.717, 1.165) is 0 Å². The second kappa shape index (κ2) is 3.59. The van der Waals surface area contributed by atoms with Crippen LogP contribution in [0.5, 0.6) is 0 Å². The number of aromatic amines is 1. The fourth-order valence-electron chi connectivity index (χ4n) is 1.21. The van der Waals surface area contributed by atoms with Crippen LogP contribution in [-0.4, -0.2) is 33.7 Å². The van der Waals surface area contributed by atoms with Crippen molar-refractivity contribution in [1.29, 1.82) is 0 Å². The van der Waals surface area contributed by atoms with Gasteiger partial charge in [-0.3, -0.25) is 0 Å². The summed E-state index contributed by atoms with van der Waals surface area (Å²) in [6, 6.07) is 0. The van der Waals surface area contributed by atoms with Gasteiger partial charge in [0.05, 0.1) is 12.9 Å². The molecule has 0 saturated carbocycles. The molecule has 0 spiro atoms. The summed E-state index contributed by atoms with van der Waals surface area (Å²) in [5.74, 6) is 1.09. The van der Waals surface area contributed by atoms with Gasteiger partial charge in [0.1, 0.15) is 11.3 Å². The molecule has 0 aliphatic rings. The summed E-state index contributed by atoms with van der Waals surface area (Å²) in [4.78, 5) is 15.2. The van der Waals surface area contributed by atoms with E-state index >= 15 is 0 Å². The monoisotopic (exact) mass is 193 g/mol. The molecule has 14 heavy (non-hydrogen) atoms. The highest BCUT2D eigenvalue weighted by molar-refractivity contribution is 5.80. The number of nitrogens with two attached hydrogens (primary N) is 1. The van der Waals surface area contributed by atoms with Gasteiger partial charge in [0.2, 0.25) is 0 Å². The molecule has 0 radical (unpaired) electrons. The van der Waals surface area contributed by atoms with Crippen LogP contribution < -0.4 is 5.73 Å². The summed E-state index contributed by atoms with van der Waals surface area (Å²) in [5.41, 5.74) is 7.00. The molecule has 0 saturated heterocycles. The molecule has 74 valence electrons. The molecule has 0 unspecified atom stereocenters. The Balaban J connectivity index is 2.38. The van der Waals surface area contributed by atoms with Crippen molar-refractivity contribution in [2.75, 3.05) is 19.5 Å². The van der Waals surface area contributed by atoms with E-state index in [9.17, 15) is 0 Å². The summed E-state index contributed by atoms with van der Waals surface area (Å²) in [5, 5.41) is 0. The number of imidazole rings is 1. The highest BCUT2D eigenvalue weighted by Gasteiger charge is 2.06. The average Bonchev–Trinajstić information content (AvgIpc) is 2.63. The number of aromatic nitrogens is 4. The maximum absolute atomic E-state index is 5.71. The zero-order valence-corrected chi connectivity index (χ0v) is 7.82. The van der Waals surface area contributed by atoms with Crippen LogP contribution in [-0.2, 0) is 11.2 Å². The Labute approximate surface area is 80.5 Å². The van der Waals surface area contributed by atoms with Crippen LogP contribution in [0.4, 0.5) is 5.82 Å². The number of H-pyrrole nitrogens is 1. The fourth-order valence-corrected chi connectivity index (χ4v) is 1.21. The summed E-state index contributed by atoms with van der Waals surface area (Å²) in [7, 11) is 1.64.